The number of hydrogen-bond acceptors (Lipinski definition) is 2. The average molecular weight is 334 g/mol. The molecule has 2 heterocycles. The first kappa shape index (κ1) is 18.8. The van der Waals surface area contributed by atoms with Crippen LogP contribution in [0.4, 0.5) is 0 Å². The minimum Gasteiger partial charge on any atom is -0.356 e. The zero-order chi connectivity index (χ0) is 17.6. The third kappa shape index (κ3) is 4.99. The van der Waals surface area contributed by atoms with Crippen molar-refractivity contribution in [2.75, 3.05) is 26.7 Å². The third-order valence-corrected chi connectivity index (χ3v) is 5.08. The molecule has 0 amide bonds. The quantitative estimate of drug-likeness (QED) is 0.493. The number of hydrogen-bond donors (Lipinski definition) is 1. The first-order valence-corrected chi connectivity index (χ1v) is 9.44. The molecule has 24 heavy (non-hydrogen) atoms. The molecule has 0 aliphatic carbocycles. The second-order valence-electron chi connectivity index (χ2n) is 7.56. The van der Waals surface area contributed by atoms with E-state index in [9.17, 15) is 0 Å². The van der Waals surface area contributed by atoms with E-state index >= 15 is 0 Å². The van der Waals surface area contributed by atoms with Crippen molar-refractivity contribution in [2.24, 2.45) is 10.4 Å². The second-order valence-corrected chi connectivity index (χ2v) is 7.56. The highest BCUT2D eigenvalue weighted by Crippen LogP contribution is 2.33. The molecule has 1 aliphatic rings. The molecule has 1 saturated heterocycles. The zero-order valence-corrected chi connectivity index (χ0v) is 16.2. The predicted octanol–water partition coefficient (Wildman–Crippen LogP) is 3.37. The summed E-state index contributed by atoms with van der Waals surface area (Å²) >= 11 is 0. The van der Waals surface area contributed by atoms with E-state index in [0.29, 0.717) is 5.41 Å². The Hall–Kier alpha value is -1.52. The van der Waals surface area contributed by atoms with Gasteiger partial charge in [-0.05, 0) is 51.0 Å². The molecule has 1 N–H and O–H groups in total. The van der Waals surface area contributed by atoms with E-state index in [1.807, 2.05) is 14.0 Å². The summed E-state index contributed by atoms with van der Waals surface area (Å²) in [6, 6.07) is 2.13. The van der Waals surface area contributed by atoms with Gasteiger partial charge in [-0.2, -0.15) is 5.10 Å². The third-order valence-electron chi connectivity index (χ3n) is 5.08. The van der Waals surface area contributed by atoms with Gasteiger partial charge in [0.15, 0.2) is 5.96 Å². The number of aryl methyl sites for hydroxylation is 3. The molecular weight excluding hydrogens is 298 g/mol. The molecule has 1 fully saturated rings. The number of aromatic nitrogens is 2. The van der Waals surface area contributed by atoms with E-state index in [1.165, 1.54) is 31.4 Å². The predicted molar refractivity (Wildman–Crippen MR) is 102 cm³/mol. The molecule has 0 saturated carbocycles. The molecule has 5 heteroatoms. The Morgan fingerprint density at radius 2 is 2.21 bits per heavy atom. The average Bonchev–Trinajstić information content (AvgIpc) is 2.85. The van der Waals surface area contributed by atoms with Gasteiger partial charge in [0.1, 0.15) is 0 Å². The number of nitrogens with one attached hydrogen (secondary N) is 1. The highest BCUT2D eigenvalue weighted by atomic mass is 15.3. The Morgan fingerprint density at radius 3 is 2.83 bits per heavy atom. The van der Waals surface area contributed by atoms with Crippen molar-refractivity contribution in [3.05, 3.63) is 17.5 Å². The van der Waals surface area contributed by atoms with E-state index in [0.717, 1.165) is 44.3 Å². The van der Waals surface area contributed by atoms with Crippen molar-refractivity contribution in [3.8, 4) is 0 Å². The van der Waals surface area contributed by atoms with Crippen LogP contribution in [0.3, 0.4) is 0 Å². The Bertz CT molecular complexity index is 544. The van der Waals surface area contributed by atoms with Gasteiger partial charge in [-0.3, -0.25) is 9.67 Å². The van der Waals surface area contributed by atoms with Crippen LogP contribution in [0.25, 0.3) is 0 Å². The van der Waals surface area contributed by atoms with Crippen molar-refractivity contribution in [2.45, 2.75) is 66.3 Å². The van der Waals surface area contributed by atoms with Crippen LogP contribution in [-0.4, -0.2) is 47.3 Å². The molecule has 1 aromatic heterocycles. The maximum atomic E-state index is 4.52. The van der Waals surface area contributed by atoms with Crippen LogP contribution in [0.15, 0.2) is 11.1 Å². The molecule has 0 bridgehead atoms. The van der Waals surface area contributed by atoms with Crippen LogP contribution >= 0.6 is 0 Å². The Labute approximate surface area is 147 Å². The highest BCUT2D eigenvalue weighted by Gasteiger charge is 2.31. The first-order chi connectivity index (χ1) is 11.5. The molecule has 2 rings (SSSR count). The van der Waals surface area contributed by atoms with E-state index in [-0.39, 0.29) is 0 Å². The summed E-state index contributed by atoms with van der Waals surface area (Å²) in [7, 11) is 1.90. The SMILES string of the molecule is CCCC1(C)CCCN(C(=NC)NCCCn2nc(C)cc2C)C1. The maximum Gasteiger partial charge on any atom is 0.193 e. The summed E-state index contributed by atoms with van der Waals surface area (Å²) in [5, 5.41) is 8.07. The topological polar surface area (TPSA) is 45.5 Å². The lowest BCUT2D eigenvalue weighted by atomic mass is 9.78. The maximum absolute atomic E-state index is 4.52. The van der Waals surface area contributed by atoms with Gasteiger partial charge < -0.3 is 10.2 Å². The van der Waals surface area contributed by atoms with Crippen LogP contribution in [0.5, 0.6) is 0 Å². The van der Waals surface area contributed by atoms with Crippen molar-refractivity contribution in [3.63, 3.8) is 0 Å². The van der Waals surface area contributed by atoms with Crippen molar-refractivity contribution in [1.82, 2.24) is 20.0 Å². The first-order valence-electron chi connectivity index (χ1n) is 9.44. The summed E-state index contributed by atoms with van der Waals surface area (Å²) < 4.78 is 2.10. The summed E-state index contributed by atoms with van der Waals surface area (Å²) in [6.07, 6.45) is 6.23. The Kier molecular flexibility index (Phi) is 6.69. The zero-order valence-electron chi connectivity index (χ0n) is 16.2. The number of nitrogens with zero attached hydrogens (tertiary/aromatic N) is 4. The largest absolute Gasteiger partial charge is 0.356 e. The minimum atomic E-state index is 0.439. The molecule has 5 nitrogen and oxygen atoms in total. The monoisotopic (exact) mass is 333 g/mol. The van der Waals surface area contributed by atoms with Gasteiger partial charge in [-0.15, -0.1) is 0 Å². The summed E-state index contributed by atoms with van der Waals surface area (Å²) in [5.41, 5.74) is 2.77. The van der Waals surface area contributed by atoms with Crippen LogP contribution in [0.1, 0.15) is 57.3 Å². The molecule has 0 spiro atoms. The number of likely N-dealkylation sites (tertiary alicyclic amines) is 1. The summed E-state index contributed by atoms with van der Waals surface area (Å²) in [4.78, 5) is 6.96. The summed E-state index contributed by atoms with van der Waals surface area (Å²) in [6.45, 7) is 13.0. The van der Waals surface area contributed by atoms with Crippen LogP contribution in [0, 0.1) is 19.3 Å². The Balaban J connectivity index is 1.80. The number of piperidine rings is 1. The molecule has 1 unspecified atom stereocenters. The molecule has 0 radical (unpaired) electrons. The van der Waals surface area contributed by atoms with Crippen molar-refractivity contribution < 1.29 is 0 Å². The van der Waals surface area contributed by atoms with Crippen molar-refractivity contribution >= 4 is 5.96 Å². The summed E-state index contributed by atoms with van der Waals surface area (Å²) in [5.74, 6) is 1.06. The van der Waals surface area contributed by atoms with Gasteiger partial charge in [-0.1, -0.05) is 20.3 Å². The fraction of sp³-hybridized carbons (Fsp3) is 0.789. The van der Waals surface area contributed by atoms with E-state index < -0.39 is 0 Å². The number of aliphatic imine (C=N–C) groups is 1. The number of rotatable bonds is 6. The van der Waals surface area contributed by atoms with E-state index in [2.05, 4.69) is 51.8 Å². The lowest BCUT2D eigenvalue weighted by molar-refractivity contribution is 0.142. The van der Waals surface area contributed by atoms with Gasteiger partial charge >= 0.3 is 0 Å². The van der Waals surface area contributed by atoms with Gasteiger partial charge in [0, 0.05) is 38.9 Å². The van der Waals surface area contributed by atoms with Gasteiger partial charge in [0.2, 0.25) is 0 Å². The highest BCUT2D eigenvalue weighted by molar-refractivity contribution is 5.80. The smallest absolute Gasteiger partial charge is 0.193 e. The van der Waals surface area contributed by atoms with Gasteiger partial charge in [-0.25, -0.2) is 0 Å². The molecular formula is C19H35N5. The molecule has 136 valence electrons. The van der Waals surface area contributed by atoms with Crippen LogP contribution in [-0.2, 0) is 6.54 Å². The Morgan fingerprint density at radius 1 is 1.42 bits per heavy atom. The minimum absolute atomic E-state index is 0.439. The normalized spacial score (nSPS) is 22.0. The van der Waals surface area contributed by atoms with E-state index in [4.69, 9.17) is 0 Å². The second kappa shape index (κ2) is 8.54. The van der Waals surface area contributed by atoms with Gasteiger partial charge in [0.05, 0.1) is 5.69 Å². The fourth-order valence-corrected chi connectivity index (χ4v) is 3.97. The molecule has 1 aromatic rings. The van der Waals surface area contributed by atoms with Gasteiger partial charge in [0.25, 0.3) is 0 Å². The lowest BCUT2D eigenvalue weighted by Gasteiger charge is -2.42. The van der Waals surface area contributed by atoms with Crippen LogP contribution in [0.2, 0.25) is 0 Å². The molecule has 0 aromatic carbocycles. The van der Waals surface area contributed by atoms with Crippen molar-refractivity contribution in [1.29, 1.82) is 0 Å². The standard InChI is InChI=1S/C19H35N5/c1-6-9-19(4)10-7-12-23(15-19)18(20-5)21-11-8-13-24-17(3)14-16(2)22-24/h14H,6-13,15H2,1-5H3,(H,20,21). The van der Waals surface area contributed by atoms with E-state index in [1.54, 1.807) is 0 Å². The molecule has 1 atom stereocenters. The fourth-order valence-electron chi connectivity index (χ4n) is 3.97. The van der Waals surface area contributed by atoms with Crippen LogP contribution < -0.4 is 5.32 Å². The number of guanidine groups is 1. The lowest BCUT2D eigenvalue weighted by Crippen LogP contribution is -2.50. The molecule has 1 aliphatic heterocycles.